The van der Waals surface area contributed by atoms with E-state index in [4.69, 9.17) is 10.5 Å². The van der Waals surface area contributed by atoms with Crippen molar-refractivity contribution in [2.24, 2.45) is 5.73 Å². The van der Waals surface area contributed by atoms with Crippen LogP contribution in [-0.2, 0) is 11.3 Å². The van der Waals surface area contributed by atoms with Gasteiger partial charge in [-0.3, -0.25) is 4.79 Å². The van der Waals surface area contributed by atoms with Crippen LogP contribution in [-0.4, -0.2) is 36.6 Å². The van der Waals surface area contributed by atoms with Crippen LogP contribution >= 0.6 is 0 Å². The average Bonchev–Trinajstić information content (AvgIpc) is 3.08. The largest absolute Gasteiger partial charge is 0.380 e. The average molecular weight is 367 g/mol. The van der Waals surface area contributed by atoms with Gasteiger partial charge in [0.15, 0.2) is 0 Å². The lowest BCUT2D eigenvalue weighted by Gasteiger charge is -2.24. The zero-order chi connectivity index (χ0) is 19.4. The summed E-state index contributed by atoms with van der Waals surface area (Å²) in [6.07, 6.45) is 0.840. The van der Waals surface area contributed by atoms with Crippen molar-refractivity contribution in [2.45, 2.75) is 32.0 Å². The van der Waals surface area contributed by atoms with E-state index in [0.717, 1.165) is 23.1 Å². The number of benzene rings is 2. The molecule has 3 amide bonds. The lowest BCUT2D eigenvalue weighted by atomic mass is 9.97. The molecule has 3 N–H and O–H groups in total. The molecule has 27 heavy (non-hydrogen) atoms. The maximum atomic E-state index is 12.3. The molecule has 0 bridgehead atoms. The fourth-order valence-electron chi connectivity index (χ4n) is 3.47. The number of ether oxygens (including phenoxy) is 1. The summed E-state index contributed by atoms with van der Waals surface area (Å²) in [5.41, 5.74) is 9.25. The van der Waals surface area contributed by atoms with E-state index in [0.29, 0.717) is 18.7 Å². The minimum Gasteiger partial charge on any atom is -0.380 e. The van der Waals surface area contributed by atoms with Gasteiger partial charge in [0.1, 0.15) is 0 Å². The molecule has 0 aromatic heterocycles. The van der Waals surface area contributed by atoms with E-state index in [-0.39, 0.29) is 18.1 Å². The van der Waals surface area contributed by atoms with E-state index in [1.54, 1.807) is 24.1 Å². The number of carbonyl (C=O) groups is 2. The third kappa shape index (κ3) is 3.95. The van der Waals surface area contributed by atoms with Crippen LogP contribution in [0.1, 0.15) is 46.4 Å². The molecule has 2 unspecified atom stereocenters. The Morgan fingerprint density at radius 3 is 2.56 bits per heavy atom. The molecule has 0 fully saturated rings. The number of hydrogen-bond donors (Lipinski definition) is 2. The van der Waals surface area contributed by atoms with Crippen LogP contribution in [0.3, 0.4) is 0 Å². The number of nitrogens with one attached hydrogen (secondary N) is 1. The highest BCUT2D eigenvalue weighted by Gasteiger charge is 2.33. The second kappa shape index (κ2) is 8.22. The number of fused-ring (bicyclic) bond motifs is 1. The van der Waals surface area contributed by atoms with E-state index in [9.17, 15) is 9.59 Å². The number of urea groups is 1. The molecule has 1 heterocycles. The Morgan fingerprint density at radius 2 is 1.93 bits per heavy atom. The highest BCUT2D eigenvalue weighted by Crippen LogP contribution is 2.38. The highest BCUT2D eigenvalue weighted by atomic mass is 16.5. The second-order valence-corrected chi connectivity index (χ2v) is 6.67. The van der Waals surface area contributed by atoms with Crippen molar-refractivity contribution in [3.8, 4) is 0 Å². The molecule has 2 aromatic rings. The lowest BCUT2D eigenvalue weighted by molar-refractivity contribution is 0.0815. The number of amides is 3. The number of hydrogen-bond acceptors (Lipinski definition) is 3. The van der Waals surface area contributed by atoms with Gasteiger partial charge in [-0.1, -0.05) is 43.3 Å². The Labute approximate surface area is 159 Å². The molecule has 0 radical (unpaired) electrons. The molecule has 0 saturated heterocycles. The van der Waals surface area contributed by atoms with Crippen LogP contribution in [0.25, 0.3) is 0 Å². The summed E-state index contributed by atoms with van der Waals surface area (Å²) in [6.45, 7) is 2.98. The number of nitrogens with zero attached hydrogens (tertiary/aromatic N) is 1. The van der Waals surface area contributed by atoms with Crippen LogP contribution < -0.4 is 11.1 Å². The summed E-state index contributed by atoms with van der Waals surface area (Å²) in [6, 6.07) is 14.6. The standard InChI is InChI=1S/C21H25N3O3/c1-3-17(27-2)12-23-20(25)15-10-8-14(9-11-15)19-18-7-5-4-6-16(18)13-24(19)21(22)26/h4-11,17,19H,3,12-13H2,1-2H3,(H2,22,26)(H,23,25). The maximum Gasteiger partial charge on any atom is 0.315 e. The van der Waals surface area contributed by atoms with Gasteiger partial charge in [-0.25, -0.2) is 4.79 Å². The zero-order valence-electron chi connectivity index (χ0n) is 15.6. The minimum atomic E-state index is -0.455. The third-order valence-corrected chi connectivity index (χ3v) is 5.05. The number of carbonyl (C=O) groups excluding carboxylic acids is 2. The molecule has 1 aliphatic heterocycles. The van der Waals surface area contributed by atoms with Gasteiger partial charge in [0, 0.05) is 25.8 Å². The first-order valence-corrected chi connectivity index (χ1v) is 9.10. The van der Waals surface area contributed by atoms with Gasteiger partial charge in [0.05, 0.1) is 12.1 Å². The fraction of sp³-hybridized carbons (Fsp3) is 0.333. The van der Waals surface area contributed by atoms with E-state index in [2.05, 4.69) is 5.32 Å². The van der Waals surface area contributed by atoms with Crippen molar-refractivity contribution in [3.05, 3.63) is 70.8 Å². The molecule has 2 aromatic carbocycles. The molecule has 142 valence electrons. The van der Waals surface area contributed by atoms with Crippen molar-refractivity contribution in [1.82, 2.24) is 10.2 Å². The summed E-state index contributed by atoms with van der Waals surface area (Å²) in [5, 5.41) is 2.88. The molecule has 1 aliphatic rings. The lowest BCUT2D eigenvalue weighted by Crippen LogP contribution is -2.35. The predicted octanol–water partition coefficient (Wildman–Crippen LogP) is 2.83. The molecular weight excluding hydrogens is 342 g/mol. The molecule has 0 saturated carbocycles. The zero-order valence-corrected chi connectivity index (χ0v) is 15.6. The van der Waals surface area contributed by atoms with Crippen molar-refractivity contribution in [2.75, 3.05) is 13.7 Å². The van der Waals surface area contributed by atoms with Crippen LogP contribution in [0.4, 0.5) is 4.79 Å². The topological polar surface area (TPSA) is 84.7 Å². The molecule has 0 spiro atoms. The monoisotopic (exact) mass is 367 g/mol. The Kier molecular flexibility index (Phi) is 5.76. The normalized spacial score (nSPS) is 16.7. The van der Waals surface area contributed by atoms with Crippen molar-refractivity contribution in [3.63, 3.8) is 0 Å². The van der Waals surface area contributed by atoms with E-state index in [1.807, 2.05) is 43.3 Å². The van der Waals surface area contributed by atoms with Crippen LogP contribution in [0.15, 0.2) is 48.5 Å². The van der Waals surface area contributed by atoms with Crippen molar-refractivity contribution >= 4 is 11.9 Å². The van der Waals surface area contributed by atoms with Gasteiger partial charge in [-0.2, -0.15) is 0 Å². The highest BCUT2D eigenvalue weighted by molar-refractivity contribution is 5.94. The quantitative estimate of drug-likeness (QED) is 0.823. The minimum absolute atomic E-state index is 0.00679. The molecule has 0 aliphatic carbocycles. The SMILES string of the molecule is CCC(CNC(=O)c1ccc(C2c3ccccc3CN2C(N)=O)cc1)OC. The maximum absolute atomic E-state index is 12.3. The first-order chi connectivity index (χ1) is 13.0. The van der Waals surface area contributed by atoms with Gasteiger partial charge in [0.2, 0.25) is 0 Å². The summed E-state index contributed by atoms with van der Waals surface area (Å²) in [4.78, 5) is 25.9. The Morgan fingerprint density at radius 1 is 1.22 bits per heavy atom. The Hall–Kier alpha value is -2.86. The van der Waals surface area contributed by atoms with E-state index >= 15 is 0 Å². The van der Waals surface area contributed by atoms with Gasteiger partial charge in [-0.05, 0) is 35.2 Å². The van der Waals surface area contributed by atoms with Crippen molar-refractivity contribution < 1.29 is 14.3 Å². The molecule has 6 nitrogen and oxygen atoms in total. The fourth-order valence-corrected chi connectivity index (χ4v) is 3.47. The molecular formula is C21H25N3O3. The van der Waals surface area contributed by atoms with E-state index in [1.165, 1.54) is 0 Å². The van der Waals surface area contributed by atoms with Crippen LogP contribution in [0.2, 0.25) is 0 Å². The Bertz CT molecular complexity index is 816. The van der Waals surface area contributed by atoms with Crippen molar-refractivity contribution in [1.29, 1.82) is 0 Å². The Balaban J connectivity index is 1.78. The van der Waals surface area contributed by atoms with Crippen LogP contribution in [0, 0.1) is 0 Å². The number of methoxy groups -OCH3 is 1. The first kappa shape index (κ1) is 18.9. The third-order valence-electron chi connectivity index (χ3n) is 5.05. The first-order valence-electron chi connectivity index (χ1n) is 9.10. The number of primary amides is 1. The predicted molar refractivity (Wildman–Crippen MR) is 103 cm³/mol. The molecule has 3 rings (SSSR count). The summed E-state index contributed by atoms with van der Waals surface area (Å²) >= 11 is 0. The van der Waals surface area contributed by atoms with Gasteiger partial charge in [0.25, 0.3) is 5.91 Å². The summed E-state index contributed by atoms with van der Waals surface area (Å²) < 4.78 is 5.28. The molecule has 2 atom stereocenters. The van der Waals surface area contributed by atoms with Gasteiger partial charge in [-0.15, -0.1) is 0 Å². The van der Waals surface area contributed by atoms with Gasteiger partial charge < -0.3 is 20.7 Å². The number of rotatable bonds is 6. The second-order valence-electron chi connectivity index (χ2n) is 6.67. The van der Waals surface area contributed by atoms with Crippen LogP contribution in [0.5, 0.6) is 0 Å². The van der Waals surface area contributed by atoms with Gasteiger partial charge >= 0.3 is 6.03 Å². The summed E-state index contributed by atoms with van der Waals surface area (Å²) in [7, 11) is 1.64. The molecule has 6 heteroatoms. The smallest absolute Gasteiger partial charge is 0.315 e. The summed E-state index contributed by atoms with van der Waals surface area (Å²) in [5.74, 6) is -0.143. The van der Waals surface area contributed by atoms with E-state index < -0.39 is 6.03 Å². The number of nitrogens with two attached hydrogens (primary N) is 1.